The topological polar surface area (TPSA) is 84.1 Å². The number of fused-ring (bicyclic) bond motifs is 2. The van der Waals surface area contributed by atoms with E-state index in [2.05, 4.69) is 10.6 Å². The number of carbonyl (C=O) groups is 1. The number of nitrogens with zero attached hydrogens (tertiary/aromatic N) is 3. The van der Waals surface area contributed by atoms with Crippen molar-refractivity contribution in [1.29, 1.82) is 0 Å². The summed E-state index contributed by atoms with van der Waals surface area (Å²) < 4.78 is 21.3. The number of halogens is 2. The van der Waals surface area contributed by atoms with Crippen LogP contribution in [0.1, 0.15) is 56.1 Å². The Kier molecular flexibility index (Phi) is 9.56. The number of methoxy groups -OCH3 is 1. The summed E-state index contributed by atoms with van der Waals surface area (Å²) in [7, 11) is 1.56. The summed E-state index contributed by atoms with van der Waals surface area (Å²) in [5.74, 6) is 0.526. The van der Waals surface area contributed by atoms with Gasteiger partial charge >= 0.3 is 5.97 Å². The molecule has 1 atom stereocenters. The van der Waals surface area contributed by atoms with Gasteiger partial charge in [-0.3, -0.25) is 9.36 Å². The molecule has 0 radical (unpaired) electrons. The number of benzene rings is 3. The van der Waals surface area contributed by atoms with E-state index in [9.17, 15) is 9.59 Å². The largest absolute Gasteiger partial charge is 0.493 e. The van der Waals surface area contributed by atoms with Gasteiger partial charge in [0.2, 0.25) is 0 Å². The quantitative estimate of drug-likeness (QED) is 0.152. The zero-order chi connectivity index (χ0) is 34.3. The van der Waals surface area contributed by atoms with Gasteiger partial charge in [0.15, 0.2) is 16.3 Å². The lowest BCUT2D eigenvalue weighted by Gasteiger charge is -2.25. The summed E-state index contributed by atoms with van der Waals surface area (Å²) in [6.45, 7) is 10.1. The first kappa shape index (κ1) is 33.6. The highest BCUT2D eigenvalue weighted by Crippen LogP contribution is 2.37. The van der Waals surface area contributed by atoms with Gasteiger partial charge in [0.1, 0.15) is 0 Å². The lowest BCUT2D eigenvalue weighted by molar-refractivity contribution is -0.139. The van der Waals surface area contributed by atoms with Crippen LogP contribution in [0.3, 0.4) is 0 Å². The molecule has 0 saturated carbocycles. The normalized spacial score (nSPS) is 14.8. The average molecular weight is 705 g/mol. The van der Waals surface area contributed by atoms with Crippen molar-refractivity contribution in [2.24, 2.45) is 4.99 Å². The average Bonchev–Trinajstić information content (AvgIpc) is 3.49. The number of carbonyl (C=O) groups excluding carboxylic acids is 1. The van der Waals surface area contributed by atoms with Crippen LogP contribution in [-0.4, -0.2) is 34.9 Å². The van der Waals surface area contributed by atoms with Crippen LogP contribution in [0.2, 0.25) is 10.0 Å². The summed E-state index contributed by atoms with van der Waals surface area (Å²) >= 11 is 14.0. The van der Waals surface area contributed by atoms with Gasteiger partial charge < -0.3 is 18.8 Å². The molecule has 11 heteroatoms. The number of hydrogen-bond donors (Lipinski definition) is 0. The maximum absolute atomic E-state index is 14.4. The fourth-order valence-corrected chi connectivity index (χ4v) is 7.60. The number of para-hydroxylation sites is 1. The molecule has 0 bridgehead atoms. The fraction of sp³-hybridized carbons (Fsp3) is 0.270. The molecule has 0 spiro atoms. The Morgan fingerprint density at radius 1 is 1.06 bits per heavy atom. The maximum Gasteiger partial charge on any atom is 0.338 e. The molecule has 3 aromatic carbocycles. The molecular formula is C37H35Cl2N3O5S. The molecule has 0 fully saturated rings. The minimum absolute atomic E-state index is 0.0720. The van der Waals surface area contributed by atoms with E-state index in [4.69, 9.17) is 42.4 Å². The highest BCUT2D eigenvalue weighted by atomic mass is 35.5. The summed E-state index contributed by atoms with van der Waals surface area (Å²) in [6, 6.07) is 18.2. The predicted octanol–water partition coefficient (Wildman–Crippen LogP) is 7.21. The third kappa shape index (κ3) is 6.18. The molecule has 248 valence electrons. The first-order valence-corrected chi connectivity index (χ1v) is 17.2. The van der Waals surface area contributed by atoms with E-state index in [-0.39, 0.29) is 18.3 Å². The fourth-order valence-electron chi connectivity index (χ4n) is 6.11. The molecule has 1 aliphatic heterocycles. The second kappa shape index (κ2) is 13.7. The van der Waals surface area contributed by atoms with Gasteiger partial charge in [-0.15, -0.1) is 0 Å². The van der Waals surface area contributed by atoms with Crippen molar-refractivity contribution in [3.8, 4) is 11.5 Å². The first-order chi connectivity index (χ1) is 23.0. The monoisotopic (exact) mass is 703 g/mol. The minimum Gasteiger partial charge on any atom is -0.493 e. The van der Waals surface area contributed by atoms with E-state index in [1.165, 1.54) is 11.3 Å². The second-order valence-corrected chi connectivity index (χ2v) is 13.6. The van der Waals surface area contributed by atoms with Crippen molar-refractivity contribution < 1.29 is 19.0 Å². The van der Waals surface area contributed by atoms with Crippen LogP contribution in [0.25, 0.3) is 17.0 Å². The molecule has 0 N–H and O–H groups in total. The number of hydrogen-bond acceptors (Lipinski definition) is 7. The molecule has 8 nitrogen and oxygen atoms in total. The van der Waals surface area contributed by atoms with Crippen LogP contribution in [0, 0.1) is 6.92 Å². The van der Waals surface area contributed by atoms with Gasteiger partial charge in [-0.25, -0.2) is 9.79 Å². The first-order valence-electron chi connectivity index (χ1n) is 15.6. The number of allylic oxidation sites excluding steroid dienone is 1. The smallest absolute Gasteiger partial charge is 0.338 e. The second-order valence-electron chi connectivity index (χ2n) is 11.7. The third-order valence-electron chi connectivity index (χ3n) is 8.28. The Labute approximate surface area is 292 Å². The minimum atomic E-state index is -0.793. The van der Waals surface area contributed by atoms with Gasteiger partial charge in [-0.05, 0) is 82.2 Å². The van der Waals surface area contributed by atoms with Gasteiger partial charge in [0.05, 0.1) is 41.7 Å². The number of esters is 1. The van der Waals surface area contributed by atoms with Crippen LogP contribution >= 0.6 is 34.5 Å². The number of ether oxygens (including phenoxy) is 3. The molecule has 0 saturated heterocycles. The molecule has 2 aromatic heterocycles. The lowest BCUT2D eigenvalue weighted by atomic mass is 9.95. The van der Waals surface area contributed by atoms with Gasteiger partial charge in [-0.2, -0.15) is 0 Å². The molecule has 5 aromatic rings. The summed E-state index contributed by atoms with van der Waals surface area (Å²) in [6.07, 6.45) is 1.85. The van der Waals surface area contributed by atoms with Crippen LogP contribution < -0.4 is 24.4 Å². The molecule has 0 amide bonds. The standard InChI is InChI=1S/C37H35Cl2N3O5S/c1-7-46-36(44)33-21(4)40-37-42(34(33)23-13-15-30(47-20(2)3)31(16-23)45-6)35(43)32(48-37)18-27-22(5)41(29-11-9-8-10-26(27)29)19-24-12-14-25(38)17-28(24)39/h8-18,20,34H,7,19H2,1-6H3/b32-18+/t34-/m1/s1. The Morgan fingerprint density at radius 2 is 1.83 bits per heavy atom. The van der Waals surface area contributed by atoms with Crippen LogP contribution in [-0.2, 0) is 16.1 Å². The van der Waals surface area contributed by atoms with Crippen molar-refractivity contribution in [2.75, 3.05) is 13.7 Å². The van der Waals surface area contributed by atoms with Gasteiger partial charge in [0, 0.05) is 38.8 Å². The third-order valence-corrected chi connectivity index (χ3v) is 9.85. The Balaban J connectivity index is 1.54. The van der Waals surface area contributed by atoms with Crippen molar-refractivity contribution in [3.05, 3.63) is 124 Å². The van der Waals surface area contributed by atoms with E-state index in [1.807, 2.05) is 63.2 Å². The number of thiazole rings is 1. The molecule has 48 heavy (non-hydrogen) atoms. The molecule has 1 aliphatic rings. The van der Waals surface area contributed by atoms with Crippen LogP contribution in [0.5, 0.6) is 11.5 Å². The van der Waals surface area contributed by atoms with Crippen LogP contribution in [0.15, 0.2) is 81.7 Å². The molecule has 0 aliphatic carbocycles. The SMILES string of the molecule is CCOC(=O)C1=C(C)N=c2s/c(=C/c3c(C)n(Cc4ccc(Cl)cc4Cl)c4ccccc34)c(=O)n2[C@@H]1c1ccc(OC(C)C)c(OC)c1. The zero-order valence-electron chi connectivity index (χ0n) is 27.5. The molecule has 3 heterocycles. The number of rotatable bonds is 9. The van der Waals surface area contributed by atoms with E-state index in [1.54, 1.807) is 43.7 Å². The van der Waals surface area contributed by atoms with Crippen LogP contribution in [0.4, 0.5) is 0 Å². The van der Waals surface area contributed by atoms with Crippen molar-refractivity contribution in [2.45, 2.75) is 53.3 Å². The highest BCUT2D eigenvalue weighted by molar-refractivity contribution is 7.07. The van der Waals surface area contributed by atoms with E-state index in [0.717, 1.165) is 27.7 Å². The van der Waals surface area contributed by atoms with E-state index in [0.29, 0.717) is 54.3 Å². The van der Waals surface area contributed by atoms with Crippen molar-refractivity contribution >= 4 is 57.5 Å². The molecular weight excluding hydrogens is 669 g/mol. The molecule has 6 rings (SSSR count). The van der Waals surface area contributed by atoms with Gasteiger partial charge in [0.25, 0.3) is 5.56 Å². The van der Waals surface area contributed by atoms with E-state index < -0.39 is 12.0 Å². The number of aromatic nitrogens is 2. The van der Waals surface area contributed by atoms with E-state index >= 15 is 0 Å². The Bertz CT molecular complexity index is 2280. The summed E-state index contributed by atoms with van der Waals surface area (Å²) in [5.41, 5.74) is 5.00. The Hall–Kier alpha value is -4.31. The lowest BCUT2D eigenvalue weighted by Crippen LogP contribution is -2.40. The molecule has 0 unspecified atom stereocenters. The van der Waals surface area contributed by atoms with Crippen molar-refractivity contribution in [1.82, 2.24) is 9.13 Å². The predicted molar refractivity (Wildman–Crippen MR) is 191 cm³/mol. The Morgan fingerprint density at radius 3 is 2.54 bits per heavy atom. The highest BCUT2D eigenvalue weighted by Gasteiger charge is 2.34. The summed E-state index contributed by atoms with van der Waals surface area (Å²) in [5, 5.41) is 2.16. The maximum atomic E-state index is 14.4. The van der Waals surface area contributed by atoms with Crippen molar-refractivity contribution in [3.63, 3.8) is 0 Å². The summed E-state index contributed by atoms with van der Waals surface area (Å²) in [4.78, 5) is 33.1. The zero-order valence-corrected chi connectivity index (χ0v) is 29.8. The van der Waals surface area contributed by atoms with Gasteiger partial charge in [-0.1, -0.05) is 64.9 Å².